The summed E-state index contributed by atoms with van der Waals surface area (Å²) < 4.78 is 11.1. The first-order valence-electron chi connectivity index (χ1n) is 5.93. The molecule has 92 valence electrons. The summed E-state index contributed by atoms with van der Waals surface area (Å²) in [6.45, 7) is 11.3. The topological polar surface area (TPSA) is 18.5 Å². The fraction of sp³-hybridized carbons (Fsp3) is 0.429. The number of benzene rings is 1. The van der Waals surface area contributed by atoms with Gasteiger partial charge in [-0.05, 0) is 26.3 Å². The van der Waals surface area contributed by atoms with Crippen LogP contribution in [0.5, 0.6) is 0 Å². The zero-order valence-electron chi connectivity index (χ0n) is 10.8. The Kier molecular flexibility index (Phi) is 6.19. The van der Waals surface area contributed by atoms with Gasteiger partial charge in [0.05, 0.1) is 0 Å². The molecule has 0 saturated carbocycles. The zero-order chi connectivity index (χ0) is 12.7. The van der Waals surface area contributed by atoms with Gasteiger partial charge >= 0.3 is 0 Å². The largest absolute Gasteiger partial charge is 0.357 e. The highest BCUT2D eigenvalue weighted by atomic mass is 28.2. The molecule has 0 atom stereocenters. The van der Waals surface area contributed by atoms with Gasteiger partial charge < -0.3 is 9.47 Å². The molecular weight excluding hydrogens is 228 g/mol. The lowest BCUT2D eigenvalue weighted by molar-refractivity contribution is -0.0817. The average Bonchev–Trinajstić information content (AvgIpc) is 2.30. The lowest BCUT2D eigenvalue weighted by Gasteiger charge is -2.16. The number of hydrogen-bond acceptors (Lipinski definition) is 2. The van der Waals surface area contributed by atoms with Crippen molar-refractivity contribution in [1.82, 2.24) is 0 Å². The first-order valence-corrected chi connectivity index (χ1v) is 7.00. The molecule has 1 aromatic rings. The van der Waals surface area contributed by atoms with Gasteiger partial charge in [0, 0.05) is 13.2 Å². The second kappa shape index (κ2) is 7.43. The van der Waals surface area contributed by atoms with Crippen LogP contribution in [0.4, 0.5) is 0 Å². The molecule has 0 unspecified atom stereocenters. The maximum Gasteiger partial charge on any atom is 0.157 e. The quantitative estimate of drug-likeness (QED) is 0.545. The smallest absolute Gasteiger partial charge is 0.157 e. The van der Waals surface area contributed by atoms with Crippen LogP contribution < -0.4 is 5.19 Å². The Morgan fingerprint density at radius 3 is 2.47 bits per heavy atom. The fourth-order valence-electron chi connectivity index (χ4n) is 1.44. The molecule has 0 aliphatic carbocycles. The normalized spacial score (nSPS) is 10.8. The summed E-state index contributed by atoms with van der Waals surface area (Å²) in [5, 5.41) is 1.25. The minimum Gasteiger partial charge on any atom is -0.357 e. The third-order valence-corrected chi connectivity index (χ3v) is 3.49. The highest BCUT2D eigenvalue weighted by Crippen LogP contribution is 2.08. The van der Waals surface area contributed by atoms with Crippen molar-refractivity contribution in [2.45, 2.75) is 26.7 Å². The van der Waals surface area contributed by atoms with Gasteiger partial charge in [-0.15, -0.1) is 0 Å². The third-order valence-electron chi connectivity index (χ3n) is 2.28. The lowest BCUT2D eigenvalue weighted by Crippen LogP contribution is -2.33. The zero-order valence-corrected chi connectivity index (χ0v) is 11.8. The molecular formula is C14H20O2Si. The maximum atomic E-state index is 5.55. The second-order valence-corrected chi connectivity index (χ2v) is 5.09. The van der Waals surface area contributed by atoms with Crippen molar-refractivity contribution in [2.75, 3.05) is 13.2 Å². The molecule has 0 spiro atoms. The van der Waals surface area contributed by atoms with E-state index < -0.39 is 0 Å². The fourth-order valence-corrected chi connectivity index (χ4v) is 2.65. The van der Waals surface area contributed by atoms with Gasteiger partial charge in [-0.1, -0.05) is 41.6 Å². The van der Waals surface area contributed by atoms with Crippen LogP contribution in [-0.2, 0) is 9.47 Å². The van der Waals surface area contributed by atoms with Crippen LogP contribution in [0.3, 0.4) is 0 Å². The molecule has 2 nitrogen and oxygen atoms in total. The molecule has 0 aromatic heterocycles. The van der Waals surface area contributed by atoms with Crippen LogP contribution in [0, 0.1) is 0 Å². The summed E-state index contributed by atoms with van der Waals surface area (Å²) in [6, 6.07) is 8.40. The predicted molar refractivity (Wildman–Crippen MR) is 73.6 cm³/mol. The molecule has 1 aromatic carbocycles. The molecule has 2 radical (unpaired) electrons. The Balaban J connectivity index is 2.71. The van der Waals surface area contributed by atoms with Crippen molar-refractivity contribution in [3.8, 4) is 0 Å². The van der Waals surface area contributed by atoms with Gasteiger partial charge in [0.25, 0.3) is 0 Å². The van der Waals surface area contributed by atoms with Gasteiger partial charge in [-0.2, -0.15) is 0 Å². The van der Waals surface area contributed by atoms with Crippen molar-refractivity contribution in [3.05, 3.63) is 36.4 Å². The van der Waals surface area contributed by atoms with E-state index in [2.05, 4.69) is 30.8 Å². The molecule has 0 N–H and O–H groups in total. The van der Waals surface area contributed by atoms with Crippen LogP contribution >= 0.6 is 0 Å². The standard InChI is InChI=1S/C14H20O2Si/c1-5-15-14(16-6-2)17-13-9-7-8-12(10-13)11(3)4/h7-10,14H,3,5-6H2,1-2,4H3. The number of ether oxygens (including phenoxy) is 2. The summed E-state index contributed by atoms with van der Waals surface area (Å²) in [5.41, 5.74) is 2.27. The van der Waals surface area contributed by atoms with Crippen LogP contribution in [0.25, 0.3) is 5.57 Å². The van der Waals surface area contributed by atoms with Gasteiger partial charge in [0.1, 0.15) is 5.91 Å². The van der Waals surface area contributed by atoms with Crippen molar-refractivity contribution < 1.29 is 9.47 Å². The van der Waals surface area contributed by atoms with Crippen molar-refractivity contribution in [1.29, 1.82) is 0 Å². The Labute approximate surface area is 106 Å². The molecule has 0 bridgehead atoms. The van der Waals surface area contributed by atoms with E-state index in [0.29, 0.717) is 22.7 Å². The highest BCUT2D eigenvalue weighted by molar-refractivity contribution is 6.54. The van der Waals surface area contributed by atoms with E-state index in [0.717, 1.165) is 5.57 Å². The SMILES string of the molecule is C=C(C)c1cccc([Si]C(OCC)OCC)c1. The van der Waals surface area contributed by atoms with Crippen LogP contribution in [-0.4, -0.2) is 28.6 Å². The van der Waals surface area contributed by atoms with Crippen LogP contribution in [0.15, 0.2) is 30.8 Å². The first-order chi connectivity index (χ1) is 8.17. The summed E-state index contributed by atoms with van der Waals surface area (Å²) in [5.74, 6) is -0.120. The average molecular weight is 248 g/mol. The molecule has 0 aliphatic heterocycles. The van der Waals surface area contributed by atoms with E-state index in [4.69, 9.17) is 9.47 Å². The first kappa shape index (κ1) is 14.2. The molecule has 0 saturated heterocycles. The van der Waals surface area contributed by atoms with E-state index >= 15 is 0 Å². The Bertz CT molecular complexity index is 357. The summed E-state index contributed by atoms with van der Waals surface area (Å²) >= 11 is 0. The van der Waals surface area contributed by atoms with Crippen LogP contribution in [0.2, 0.25) is 0 Å². The van der Waals surface area contributed by atoms with Crippen molar-refractivity contribution in [3.63, 3.8) is 0 Å². The maximum absolute atomic E-state index is 5.55. The molecule has 1 rings (SSSR count). The lowest BCUT2D eigenvalue weighted by atomic mass is 10.1. The number of rotatable bonds is 7. The molecule has 0 heterocycles. The Morgan fingerprint density at radius 2 is 1.94 bits per heavy atom. The van der Waals surface area contributed by atoms with Crippen molar-refractivity contribution in [2.24, 2.45) is 0 Å². The third kappa shape index (κ3) is 4.85. The van der Waals surface area contributed by atoms with E-state index in [1.165, 1.54) is 10.8 Å². The summed E-state index contributed by atoms with van der Waals surface area (Å²) in [4.78, 5) is 0. The second-order valence-electron chi connectivity index (χ2n) is 3.75. The monoisotopic (exact) mass is 248 g/mol. The van der Waals surface area contributed by atoms with Gasteiger partial charge in [0.15, 0.2) is 9.52 Å². The molecule has 17 heavy (non-hydrogen) atoms. The van der Waals surface area contributed by atoms with E-state index in [1.54, 1.807) is 0 Å². The molecule has 0 amide bonds. The summed E-state index contributed by atoms with van der Waals surface area (Å²) in [6.07, 6.45) is 0. The van der Waals surface area contributed by atoms with Gasteiger partial charge in [-0.3, -0.25) is 0 Å². The number of allylic oxidation sites excluding steroid dienone is 1. The minimum atomic E-state index is -0.120. The molecule has 0 aliphatic rings. The van der Waals surface area contributed by atoms with Gasteiger partial charge in [0.2, 0.25) is 0 Å². The van der Waals surface area contributed by atoms with E-state index in [1.807, 2.05) is 20.8 Å². The highest BCUT2D eigenvalue weighted by Gasteiger charge is 2.11. The molecule has 3 heteroatoms. The van der Waals surface area contributed by atoms with E-state index in [9.17, 15) is 0 Å². The number of hydrogen-bond donors (Lipinski definition) is 0. The predicted octanol–water partition coefficient (Wildman–Crippen LogP) is 2.41. The minimum absolute atomic E-state index is 0.120. The summed E-state index contributed by atoms with van der Waals surface area (Å²) in [7, 11) is 0.513. The Hall–Kier alpha value is -0.903. The van der Waals surface area contributed by atoms with Crippen molar-refractivity contribution >= 4 is 20.3 Å². The molecule has 0 fully saturated rings. The van der Waals surface area contributed by atoms with Gasteiger partial charge in [-0.25, -0.2) is 0 Å². The Morgan fingerprint density at radius 1 is 1.29 bits per heavy atom. The van der Waals surface area contributed by atoms with E-state index in [-0.39, 0.29) is 5.91 Å². The van der Waals surface area contributed by atoms with Crippen LogP contribution in [0.1, 0.15) is 26.3 Å².